The van der Waals surface area contributed by atoms with Crippen LogP contribution in [0.3, 0.4) is 0 Å². The molecule has 0 radical (unpaired) electrons. The molecule has 0 aromatic rings. The first-order valence-electron chi connectivity index (χ1n) is 6.64. The number of Topliss-reactive ketones (excluding diaryl/α,β-unsaturated/α-hetero) is 1. The van der Waals surface area contributed by atoms with Gasteiger partial charge in [0.05, 0.1) is 0 Å². The van der Waals surface area contributed by atoms with E-state index in [0.717, 1.165) is 32.1 Å². The quantitative estimate of drug-likeness (QED) is 0.631. The highest BCUT2D eigenvalue weighted by atomic mass is 16.9. The highest BCUT2D eigenvalue weighted by Crippen LogP contribution is 2.70. The minimum Gasteiger partial charge on any atom is -0.310 e. The van der Waals surface area contributed by atoms with Gasteiger partial charge in [-0.2, -0.15) is 0 Å². The zero-order valence-corrected chi connectivity index (χ0v) is 9.59. The summed E-state index contributed by atoms with van der Waals surface area (Å²) in [5.74, 6) is -0.945. The molecule has 1 heterocycles. The normalized spacial score (nSPS) is 36.9. The fraction of sp³-hybridized carbons (Fsp3) is 0.923. The van der Waals surface area contributed by atoms with Gasteiger partial charge in [-0.05, 0) is 32.1 Å². The maximum absolute atomic E-state index is 12.0. The molecule has 4 aliphatic rings. The van der Waals surface area contributed by atoms with Crippen LogP contribution >= 0.6 is 0 Å². The highest BCUT2D eigenvalue weighted by Gasteiger charge is 2.77. The number of ketones is 1. The van der Waals surface area contributed by atoms with Gasteiger partial charge in [-0.25, -0.2) is 0 Å². The molecule has 4 rings (SSSR count). The van der Waals surface area contributed by atoms with Gasteiger partial charge in [0.2, 0.25) is 5.79 Å². The minimum atomic E-state index is -0.787. The molecule has 1 aliphatic heterocycles. The molecule has 0 bridgehead atoms. The molecule has 88 valence electrons. The standard InChI is InChI=1S/C13H18O3/c14-10-4-7-11(8-9-11)13(10)15-12(16-13)5-2-1-3-6-12/h1-9H2. The van der Waals surface area contributed by atoms with E-state index in [2.05, 4.69) is 0 Å². The van der Waals surface area contributed by atoms with Crippen LogP contribution in [0.25, 0.3) is 0 Å². The third-order valence-corrected chi connectivity index (χ3v) is 5.02. The third-order valence-electron chi connectivity index (χ3n) is 5.02. The van der Waals surface area contributed by atoms with E-state index in [1.807, 2.05) is 0 Å². The second-order valence-corrected chi connectivity index (χ2v) is 6.00. The van der Waals surface area contributed by atoms with Crippen molar-refractivity contribution in [3.63, 3.8) is 0 Å². The fourth-order valence-corrected chi connectivity index (χ4v) is 3.86. The maximum atomic E-state index is 12.0. The maximum Gasteiger partial charge on any atom is 0.239 e. The van der Waals surface area contributed by atoms with Gasteiger partial charge in [-0.15, -0.1) is 0 Å². The Bertz CT molecular complexity index is 342. The van der Waals surface area contributed by atoms with E-state index < -0.39 is 5.79 Å². The van der Waals surface area contributed by atoms with Crippen LogP contribution < -0.4 is 0 Å². The summed E-state index contributed by atoms with van der Waals surface area (Å²) in [7, 11) is 0. The van der Waals surface area contributed by atoms with E-state index in [9.17, 15) is 4.79 Å². The lowest BCUT2D eigenvalue weighted by molar-refractivity contribution is -0.509. The first-order valence-corrected chi connectivity index (χ1v) is 6.64. The van der Waals surface area contributed by atoms with Gasteiger partial charge in [0.1, 0.15) is 0 Å². The Morgan fingerprint density at radius 2 is 1.56 bits per heavy atom. The van der Waals surface area contributed by atoms with Gasteiger partial charge in [-0.1, -0.05) is 6.42 Å². The summed E-state index contributed by atoms with van der Waals surface area (Å²) in [6.07, 6.45) is 9.49. The van der Waals surface area contributed by atoms with Gasteiger partial charge in [0, 0.05) is 24.7 Å². The summed E-state index contributed by atoms with van der Waals surface area (Å²) in [5.41, 5.74) is 0.0901. The van der Waals surface area contributed by atoms with Gasteiger partial charge in [0.25, 0.3) is 0 Å². The zero-order valence-electron chi connectivity index (χ0n) is 9.59. The van der Waals surface area contributed by atoms with Crippen molar-refractivity contribution >= 4 is 5.78 Å². The molecule has 3 heteroatoms. The molecule has 0 atom stereocenters. The smallest absolute Gasteiger partial charge is 0.239 e. The van der Waals surface area contributed by atoms with Crippen LogP contribution in [0.1, 0.15) is 57.8 Å². The van der Waals surface area contributed by atoms with E-state index in [-0.39, 0.29) is 17.0 Å². The van der Waals surface area contributed by atoms with Gasteiger partial charge < -0.3 is 9.47 Å². The number of rotatable bonds is 0. The molecule has 3 saturated carbocycles. The molecule has 0 amide bonds. The topological polar surface area (TPSA) is 35.5 Å². The molecule has 16 heavy (non-hydrogen) atoms. The van der Waals surface area contributed by atoms with E-state index in [0.29, 0.717) is 6.42 Å². The predicted molar refractivity (Wildman–Crippen MR) is 56.6 cm³/mol. The van der Waals surface area contributed by atoms with E-state index in [1.165, 1.54) is 19.3 Å². The molecule has 1 saturated heterocycles. The second-order valence-electron chi connectivity index (χ2n) is 6.00. The number of ether oxygens (including phenoxy) is 2. The van der Waals surface area contributed by atoms with Crippen LogP contribution in [0.15, 0.2) is 0 Å². The van der Waals surface area contributed by atoms with Crippen molar-refractivity contribution in [1.29, 1.82) is 0 Å². The Hall–Kier alpha value is -0.410. The molecule has 3 nitrogen and oxygen atoms in total. The summed E-state index contributed by atoms with van der Waals surface area (Å²) in [5, 5.41) is 0. The van der Waals surface area contributed by atoms with Crippen molar-refractivity contribution in [2.24, 2.45) is 5.41 Å². The highest BCUT2D eigenvalue weighted by molar-refractivity contribution is 5.90. The fourth-order valence-electron chi connectivity index (χ4n) is 3.86. The van der Waals surface area contributed by atoms with Gasteiger partial charge >= 0.3 is 0 Å². The number of carbonyl (C=O) groups excluding carboxylic acids is 1. The van der Waals surface area contributed by atoms with Crippen LogP contribution in [-0.4, -0.2) is 17.4 Å². The van der Waals surface area contributed by atoms with Crippen LogP contribution in [-0.2, 0) is 14.3 Å². The summed E-state index contributed by atoms with van der Waals surface area (Å²) in [4.78, 5) is 12.0. The van der Waals surface area contributed by atoms with Crippen molar-refractivity contribution in [3.05, 3.63) is 0 Å². The van der Waals surface area contributed by atoms with Crippen molar-refractivity contribution in [2.45, 2.75) is 69.4 Å². The third kappa shape index (κ3) is 0.951. The van der Waals surface area contributed by atoms with E-state index in [4.69, 9.17) is 9.47 Å². The number of hydrogen-bond donors (Lipinski definition) is 0. The molecule has 3 spiro atoms. The molecule has 3 aliphatic carbocycles. The van der Waals surface area contributed by atoms with E-state index >= 15 is 0 Å². The molecule has 0 aromatic heterocycles. The largest absolute Gasteiger partial charge is 0.310 e. The van der Waals surface area contributed by atoms with E-state index in [1.54, 1.807) is 0 Å². The van der Waals surface area contributed by atoms with Gasteiger partial charge in [0.15, 0.2) is 11.6 Å². The van der Waals surface area contributed by atoms with Crippen molar-refractivity contribution in [2.75, 3.05) is 0 Å². The Balaban J connectivity index is 1.60. The lowest BCUT2D eigenvalue weighted by Crippen LogP contribution is -2.68. The van der Waals surface area contributed by atoms with Crippen LogP contribution in [0, 0.1) is 5.41 Å². The van der Waals surface area contributed by atoms with Crippen LogP contribution in [0.2, 0.25) is 0 Å². The summed E-state index contributed by atoms with van der Waals surface area (Å²) in [6.45, 7) is 0. The molecular formula is C13H18O3. The molecule has 0 unspecified atom stereocenters. The zero-order chi connectivity index (χ0) is 10.9. The monoisotopic (exact) mass is 222 g/mol. The van der Waals surface area contributed by atoms with Gasteiger partial charge in [-0.3, -0.25) is 4.79 Å². The average molecular weight is 222 g/mol. The molecule has 4 fully saturated rings. The Morgan fingerprint density at radius 3 is 2.19 bits per heavy atom. The first-order chi connectivity index (χ1) is 7.71. The summed E-state index contributed by atoms with van der Waals surface area (Å²) in [6, 6.07) is 0. The van der Waals surface area contributed by atoms with Crippen molar-refractivity contribution < 1.29 is 14.3 Å². The number of carbonyl (C=O) groups is 1. The first kappa shape index (κ1) is 9.60. The predicted octanol–water partition coefficient (Wildman–Crippen LogP) is 2.53. The summed E-state index contributed by atoms with van der Waals surface area (Å²) >= 11 is 0. The lowest BCUT2D eigenvalue weighted by atomic mass is 9.87. The average Bonchev–Trinajstić information content (AvgIpc) is 2.99. The molecule has 0 aromatic carbocycles. The number of hydrogen-bond acceptors (Lipinski definition) is 3. The molecular weight excluding hydrogens is 204 g/mol. The number of fused-ring (bicyclic) bond motifs is 1. The SMILES string of the molecule is O=C1CCC2(CC2)C12OC1(CCCCC1)O2. The summed E-state index contributed by atoms with van der Waals surface area (Å²) < 4.78 is 12.3. The van der Waals surface area contributed by atoms with Crippen LogP contribution in [0.4, 0.5) is 0 Å². The van der Waals surface area contributed by atoms with Crippen LogP contribution in [0.5, 0.6) is 0 Å². The minimum absolute atomic E-state index is 0.0901. The Kier molecular flexibility index (Phi) is 1.62. The Morgan fingerprint density at radius 1 is 0.875 bits per heavy atom. The second kappa shape index (κ2) is 2.70. The Labute approximate surface area is 95.5 Å². The van der Waals surface area contributed by atoms with Crippen molar-refractivity contribution in [1.82, 2.24) is 0 Å². The molecule has 0 N–H and O–H groups in total. The lowest BCUT2D eigenvalue weighted by Gasteiger charge is -2.57. The van der Waals surface area contributed by atoms with Crippen molar-refractivity contribution in [3.8, 4) is 0 Å².